The molecule has 1 heterocycles. The molecule has 1 amide bonds. The summed E-state index contributed by atoms with van der Waals surface area (Å²) in [4.78, 5) is 15.1. The molecule has 1 aromatic rings. The van der Waals surface area contributed by atoms with Crippen molar-refractivity contribution in [2.75, 3.05) is 18.9 Å². The fourth-order valence-corrected chi connectivity index (χ4v) is 7.80. The van der Waals surface area contributed by atoms with Gasteiger partial charge in [0, 0.05) is 11.5 Å². The van der Waals surface area contributed by atoms with E-state index in [4.69, 9.17) is 0 Å². The zero-order valence-electron chi connectivity index (χ0n) is 16.5. The number of nitrogens with one attached hydrogen (secondary N) is 1. The molecule has 27 heavy (non-hydrogen) atoms. The van der Waals surface area contributed by atoms with Crippen LogP contribution in [0.25, 0.3) is 0 Å². The van der Waals surface area contributed by atoms with Crippen molar-refractivity contribution in [3.8, 4) is 0 Å². The third kappa shape index (κ3) is 3.55. The molecule has 6 heteroatoms. The van der Waals surface area contributed by atoms with Gasteiger partial charge in [-0.3, -0.25) is 15.0 Å². The molecule has 5 fully saturated rings. The number of anilines is 1. The van der Waals surface area contributed by atoms with Gasteiger partial charge in [0.1, 0.15) is 5.01 Å². The zero-order chi connectivity index (χ0) is 18.4. The van der Waals surface area contributed by atoms with Crippen molar-refractivity contribution in [2.45, 2.75) is 82.1 Å². The number of hydrogen-bond acceptors (Lipinski definition) is 5. The highest BCUT2D eigenvalue weighted by Crippen LogP contribution is 2.57. The van der Waals surface area contributed by atoms with Gasteiger partial charge in [-0.25, -0.2) is 0 Å². The van der Waals surface area contributed by atoms with Gasteiger partial charge in [-0.2, -0.15) is 0 Å². The van der Waals surface area contributed by atoms with Crippen LogP contribution in [0.5, 0.6) is 0 Å². The quantitative estimate of drug-likeness (QED) is 0.811. The van der Waals surface area contributed by atoms with Gasteiger partial charge in [-0.1, -0.05) is 30.6 Å². The van der Waals surface area contributed by atoms with Crippen LogP contribution in [0.4, 0.5) is 5.13 Å². The number of amides is 1. The van der Waals surface area contributed by atoms with Crippen molar-refractivity contribution in [2.24, 2.45) is 17.8 Å². The monoisotopic (exact) mass is 388 g/mol. The third-order valence-electron chi connectivity index (χ3n) is 7.84. The Kier molecular flexibility index (Phi) is 4.75. The maximum atomic E-state index is 12.7. The predicted molar refractivity (Wildman–Crippen MR) is 108 cm³/mol. The fraction of sp³-hybridized carbons (Fsp3) is 0.857. The first-order valence-electron chi connectivity index (χ1n) is 10.9. The van der Waals surface area contributed by atoms with Crippen LogP contribution in [0.2, 0.25) is 0 Å². The number of hydrogen-bond donors (Lipinski definition) is 1. The summed E-state index contributed by atoms with van der Waals surface area (Å²) >= 11 is 1.58. The molecule has 5 aliphatic rings. The Hall–Kier alpha value is -1.01. The van der Waals surface area contributed by atoms with E-state index in [2.05, 4.69) is 27.5 Å². The molecule has 148 valence electrons. The van der Waals surface area contributed by atoms with Crippen molar-refractivity contribution < 1.29 is 4.79 Å². The normalized spacial score (nSPS) is 35.7. The molecule has 4 bridgehead atoms. The molecular formula is C21H32N4OS. The molecule has 0 aromatic carbocycles. The Balaban J connectivity index is 1.19. The van der Waals surface area contributed by atoms with E-state index in [1.54, 1.807) is 11.3 Å². The Morgan fingerprint density at radius 1 is 1.07 bits per heavy atom. The Morgan fingerprint density at radius 2 is 1.70 bits per heavy atom. The number of carbonyl (C=O) groups excluding carboxylic acids is 1. The number of nitrogens with zero attached hydrogens (tertiary/aromatic N) is 3. The van der Waals surface area contributed by atoms with Gasteiger partial charge in [-0.05, 0) is 76.2 Å². The Labute approximate surface area is 166 Å². The van der Waals surface area contributed by atoms with Gasteiger partial charge < -0.3 is 0 Å². The lowest BCUT2D eigenvalue weighted by Crippen LogP contribution is -2.59. The maximum absolute atomic E-state index is 12.7. The van der Waals surface area contributed by atoms with E-state index in [1.807, 2.05) is 0 Å². The average Bonchev–Trinajstić information content (AvgIpc) is 3.09. The van der Waals surface area contributed by atoms with Crippen molar-refractivity contribution in [3.05, 3.63) is 5.01 Å². The average molecular weight is 389 g/mol. The van der Waals surface area contributed by atoms with Crippen molar-refractivity contribution in [1.29, 1.82) is 0 Å². The molecule has 1 aromatic heterocycles. The summed E-state index contributed by atoms with van der Waals surface area (Å²) in [6.07, 6.45) is 14.6. The summed E-state index contributed by atoms with van der Waals surface area (Å²) < 4.78 is 0. The lowest BCUT2D eigenvalue weighted by molar-refractivity contribution is -0.123. The molecule has 0 radical (unpaired) electrons. The molecule has 5 saturated carbocycles. The molecule has 1 N–H and O–H groups in total. The second-order valence-electron chi connectivity index (χ2n) is 9.83. The number of aromatic nitrogens is 2. The standard InChI is InChI=1S/C21H32N4OS/c1-25(21-10-14-7-15(11-21)9-16(8-14)12-21)13-18(26)22-20-24-23-19(27-20)17-5-3-2-4-6-17/h14-17H,2-13H2,1H3,(H,22,24,26). The molecular weight excluding hydrogens is 356 g/mol. The van der Waals surface area contributed by atoms with Crippen LogP contribution in [0.15, 0.2) is 0 Å². The molecule has 0 saturated heterocycles. The van der Waals surface area contributed by atoms with Gasteiger partial charge in [-0.15, -0.1) is 10.2 Å². The van der Waals surface area contributed by atoms with E-state index in [0.717, 1.165) is 22.8 Å². The van der Waals surface area contributed by atoms with Crippen molar-refractivity contribution in [3.63, 3.8) is 0 Å². The highest BCUT2D eigenvalue weighted by molar-refractivity contribution is 7.15. The summed E-state index contributed by atoms with van der Waals surface area (Å²) in [5, 5.41) is 13.4. The van der Waals surface area contributed by atoms with Gasteiger partial charge in [0.15, 0.2) is 0 Å². The molecule has 0 atom stereocenters. The van der Waals surface area contributed by atoms with Gasteiger partial charge in [0.25, 0.3) is 0 Å². The SMILES string of the molecule is CN(CC(=O)Nc1nnc(C2CCCCC2)s1)C12CC3CC(CC(C3)C1)C2. The molecule has 5 nitrogen and oxygen atoms in total. The zero-order valence-corrected chi connectivity index (χ0v) is 17.3. The minimum atomic E-state index is 0.0691. The first kappa shape index (κ1) is 18.0. The molecule has 0 unspecified atom stereocenters. The molecule has 0 aliphatic heterocycles. The largest absolute Gasteiger partial charge is 0.299 e. The van der Waals surface area contributed by atoms with E-state index < -0.39 is 0 Å². The van der Waals surface area contributed by atoms with E-state index in [1.165, 1.54) is 70.6 Å². The van der Waals surface area contributed by atoms with Gasteiger partial charge in [0.05, 0.1) is 6.54 Å². The lowest BCUT2D eigenvalue weighted by Gasteiger charge is -2.59. The van der Waals surface area contributed by atoms with Crippen LogP contribution in [0, 0.1) is 17.8 Å². The highest BCUT2D eigenvalue weighted by Gasteiger charge is 2.52. The van der Waals surface area contributed by atoms with Crippen LogP contribution in [-0.2, 0) is 4.79 Å². The number of rotatable bonds is 5. The van der Waals surface area contributed by atoms with Crippen LogP contribution >= 0.6 is 11.3 Å². The summed E-state index contributed by atoms with van der Waals surface area (Å²) in [6.45, 7) is 0.477. The second-order valence-corrected chi connectivity index (χ2v) is 10.8. The fourth-order valence-electron chi connectivity index (χ4n) is 6.87. The van der Waals surface area contributed by atoms with Crippen LogP contribution in [-0.4, -0.2) is 40.1 Å². The second kappa shape index (κ2) is 7.11. The van der Waals surface area contributed by atoms with Gasteiger partial charge in [0.2, 0.25) is 11.0 Å². The van der Waals surface area contributed by atoms with E-state index in [-0.39, 0.29) is 11.4 Å². The van der Waals surface area contributed by atoms with Gasteiger partial charge >= 0.3 is 0 Å². The van der Waals surface area contributed by atoms with Crippen LogP contribution in [0.3, 0.4) is 0 Å². The Morgan fingerprint density at radius 3 is 2.33 bits per heavy atom. The molecule has 0 spiro atoms. The summed E-state index contributed by atoms with van der Waals surface area (Å²) in [7, 11) is 2.17. The van der Waals surface area contributed by atoms with E-state index >= 15 is 0 Å². The van der Waals surface area contributed by atoms with Crippen molar-refractivity contribution in [1.82, 2.24) is 15.1 Å². The maximum Gasteiger partial charge on any atom is 0.240 e. The Bertz CT molecular complexity index is 661. The van der Waals surface area contributed by atoms with Crippen LogP contribution in [0.1, 0.15) is 81.6 Å². The summed E-state index contributed by atoms with van der Waals surface area (Å²) in [6, 6.07) is 0. The first-order chi connectivity index (χ1) is 13.1. The predicted octanol–water partition coefficient (Wildman–Crippen LogP) is 4.42. The topological polar surface area (TPSA) is 58.1 Å². The lowest BCUT2D eigenvalue weighted by atomic mass is 9.52. The third-order valence-corrected chi connectivity index (χ3v) is 8.84. The van der Waals surface area contributed by atoms with Crippen molar-refractivity contribution >= 4 is 22.4 Å². The molecule has 6 rings (SSSR count). The summed E-state index contributed by atoms with van der Waals surface area (Å²) in [5.41, 5.74) is 0.278. The summed E-state index contributed by atoms with van der Waals surface area (Å²) in [5.74, 6) is 3.34. The number of carbonyl (C=O) groups is 1. The first-order valence-corrected chi connectivity index (χ1v) is 11.8. The highest BCUT2D eigenvalue weighted by atomic mass is 32.1. The molecule has 5 aliphatic carbocycles. The number of likely N-dealkylation sites (N-methyl/N-ethyl adjacent to an activating group) is 1. The smallest absolute Gasteiger partial charge is 0.240 e. The minimum Gasteiger partial charge on any atom is -0.299 e. The van der Waals surface area contributed by atoms with E-state index in [9.17, 15) is 4.79 Å². The van der Waals surface area contributed by atoms with E-state index in [0.29, 0.717) is 17.6 Å². The minimum absolute atomic E-state index is 0.0691. The van der Waals surface area contributed by atoms with Crippen LogP contribution < -0.4 is 5.32 Å².